The number of aliphatic hydroxyl groups is 1. The van der Waals surface area contributed by atoms with E-state index in [-0.39, 0.29) is 18.3 Å². The zero-order valence-corrected chi connectivity index (χ0v) is 19.9. The topological polar surface area (TPSA) is 91.3 Å². The SMILES string of the molecule is O=C(OC1COC1)N1CCN(c2ccnc3c2C=C(c2csc(N4CCC(O)CC4)n2)C3)CC1. The number of nitrogens with zero attached hydrogens (tertiary/aromatic N) is 5. The number of carbonyl (C=O) groups is 1. The van der Waals surface area contributed by atoms with Crippen molar-refractivity contribution in [3.63, 3.8) is 0 Å². The zero-order valence-electron chi connectivity index (χ0n) is 19.1. The second kappa shape index (κ2) is 9.16. The molecule has 2 aromatic heterocycles. The van der Waals surface area contributed by atoms with Crippen molar-refractivity contribution in [2.75, 3.05) is 62.3 Å². The van der Waals surface area contributed by atoms with Crippen molar-refractivity contribution in [1.29, 1.82) is 0 Å². The molecule has 0 bridgehead atoms. The van der Waals surface area contributed by atoms with Crippen LogP contribution >= 0.6 is 11.3 Å². The Morgan fingerprint density at radius 1 is 1.12 bits per heavy atom. The van der Waals surface area contributed by atoms with Crippen molar-refractivity contribution in [3.8, 4) is 0 Å². The summed E-state index contributed by atoms with van der Waals surface area (Å²) >= 11 is 1.67. The second-order valence-electron chi connectivity index (χ2n) is 9.29. The zero-order chi connectivity index (χ0) is 23.1. The molecular formula is C24H29N5O4S. The van der Waals surface area contributed by atoms with Crippen LogP contribution in [0.4, 0.5) is 15.6 Å². The van der Waals surface area contributed by atoms with Gasteiger partial charge in [0.2, 0.25) is 0 Å². The van der Waals surface area contributed by atoms with Crippen molar-refractivity contribution < 1.29 is 19.4 Å². The van der Waals surface area contributed by atoms with Gasteiger partial charge in [-0.3, -0.25) is 4.98 Å². The van der Waals surface area contributed by atoms with Gasteiger partial charge in [-0.15, -0.1) is 11.3 Å². The molecule has 3 saturated heterocycles. The van der Waals surface area contributed by atoms with Gasteiger partial charge in [0.15, 0.2) is 11.2 Å². The molecule has 180 valence electrons. The Kier molecular flexibility index (Phi) is 5.88. The molecule has 1 amide bonds. The molecule has 6 rings (SSSR count). The highest BCUT2D eigenvalue weighted by Crippen LogP contribution is 2.38. The first-order valence-corrected chi connectivity index (χ1v) is 12.9. The molecule has 9 nitrogen and oxygen atoms in total. The van der Waals surface area contributed by atoms with Crippen LogP contribution in [0, 0.1) is 0 Å². The number of allylic oxidation sites excluding steroid dienone is 1. The first-order chi connectivity index (χ1) is 16.6. The van der Waals surface area contributed by atoms with Crippen molar-refractivity contribution in [3.05, 3.63) is 34.6 Å². The van der Waals surface area contributed by atoms with E-state index in [1.165, 1.54) is 11.3 Å². The molecule has 34 heavy (non-hydrogen) atoms. The molecule has 0 saturated carbocycles. The Morgan fingerprint density at radius 2 is 1.91 bits per heavy atom. The normalized spacial score (nSPS) is 21.3. The van der Waals surface area contributed by atoms with Gasteiger partial charge in [0.1, 0.15) is 0 Å². The number of carbonyl (C=O) groups excluding carboxylic acids is 1. The number of piperazine rings is 1. The number of amides is 1. The summed E-state index contributed by atoms with van der Waals surface area (Å²) in [6.07, 6.45) is 5.98. The van der Waals surface area contributed by atoms with Gasteiger partial charge < -0.3 is 29.3 Å². The molecule has 0 atom stereocenters. The molecule has 5 heterocycles. The van der Waals surface area contributed by atoms with Crippen LogP contribution in [0.5, 0.6) is 0 Å². The van der Waals surface area contributed by atoms with Crippen molar-refractivity contribution >= 4 is 39.9 Å². The number of rotatable bonds is 4. The Hall–Kier alpha value is -2.69. The molecule has 0 unspecified atom stereocenters. The fraction of sp³-hybridized carbons (Fsp3) is 0.542. The van der Waals surface area contributed by atoms with Crippen molar-refractivity contribution in [1.82, 2.24) is 14.9 Å². The van der Waals surface area contributed by atoms with E-state index in [0.717, 1.165) is 67.5 Å². The van der Waals surface area contributed by atoms with Crippen molar-refractivity contribution in [2.45, 2.75) is 31.5 Å². The highest BCUT2D eigenvalue weighted by Gasteiger charge is 2.30. The van der Waals surface area contributed by atoms with Gasteiger partial charge in [-0.25, -0.2) is 9.78 Å². The van der Waals surface area contributed by atoms with Crippen LogP contribution in [0.15, 0.2) is 17.6 Å². The van der Waals surface area contributed by atoms with E-state index in [0.29, 0.717) is 26.3 Å². The summed E-state index contributed by atoms with van der Waals surface area (Å²) in [5, 5.41) is 12.9. The van der Waals surface area contributed by atoms with Gasteiger partial charge in [0, 0.05) is 68.5 Å². The average molecular weight is 484 g/mol. The van der Waals surface area contributed by atoms with E-state index in [1.807, 2.05) is 6.20 Å². The number of hydrogen-bond acceptors (Lipinski definition) is 9. The standard InChI is InChI=1S/C24H29N5O4S/c30-17-2-5-28(6-3-17)23-26-21(15-34-23)16-11-19-20(12-16)25-4-1-22(19)27-7-9-29(10-8-27)24(31)33-18-13-32-14-18/h1,4,11,15,17-18,30H,2-3,5-10,12-14H2. The monoisotopic (exact) mass is 483 g/mol. The number of ether oxygens (including phenoxy) is 2. The molecule has 1 N–H and O–H groups in total. The second-order valence-corrected chi connectivity index (χ2v) is 10.1. The minimum Gasteiger partial charge on any atom is -0.441 e. The summed E-state index contributed by atoms with van der Waals surface area (Å²) in [4.78, 5) is 28.3. The molecule has 2 aromatic rings. The summed E-state index contributed by atoms with van der Waals surface area (Å²) in [7, 11) is 0. The van der Waals surface area contributed by atoms with E-state index in [2.05, 4.69) is 32.3 Å². The molecule has 0 spiro atoms. The summed E-state index contributed by atoms with van der Waals surface area (Å²) in [5.41, 5.74) is 5.62. The maximum absolute atomic E-state index is 12.4. The quantitative estimate of drug-likeness (QED) is 0.708. The number of thiazole rings is 1. The minimum absolute atomic E-state index is 0.0923. The number of hydrogen-bond donors (Lipinski definition) is 1. The van der Waals surface area contributed by atoms with Gasteiger partial charge >= 0.3 is 6.09 Å². The van der Waals surface area contributed by atoms with Crippen LogP contribution < -0.4 is 9.80 Å². The Balaban J connectivity index is 1.13. The molecule has 0 aromatic carbocycles. The third-order valence-electron chi connectivity index (χ3n) is 7.04. The van der Waals surface area contributed by atoms with Crippen LogP contribution in [0.3, 0.4) is 0 Å². The van der Waals surface area contributed by atoms with Crippen molar-refractivity contribution in [2.24, 2.45) is 0 Å². The maximum atomic E-state index is 12.4. The summed E-state index contributed by atoms with van der Waals surface area (Å²) in [5.74, 6) is 0. The molecule has 4 aliphatic rings. The first-order valence-electron chi connectivity index (χ1n) is 12.0. The maximum Gasteiger partial charge on any atom is 0.410 e. The number of anilines is 2. The van der Waals surface area contributed by atoms with E-state index >= 15 is 0 Å². The van der Waals surface area contributed by atoms with Gasteiger partial charge in [0.05, 0.1) is 30.7 Å². The van der Waals surface area contributed by atoms with E-state index in [4.69, 9.17) is 14.5 Å². The number of pyridine rings is 1. The fourth-order valence-electron chi connectivity index (χ4n) is 4.89. The summed E-state index contributed by atoms with van der Waals surface area (Å²) in [6, 6.07) is 2.07. The predicted octanol–water partition coefficient (Wildman–Crippen LogP) is 2.25. The van der Waals surface area contributed by atoms with Gasteiger partial charge in [-0.05, 0) is 30.6 Å². The van der Waals surface area contributed by atoms with Gasteiger partial charge in [-0.2, -0.15) is 0 Å². The fourth-order valence-corrected chi connectivity index (χ4v) is 5.80. The lowest BCUT2D eigenvalue weighted by Gasteiger charge is -2.37. The molecule has 1 aliphatic carbocycles. The van der Waals surface area contributed by atoms with E-state index in [9.17, 15) is 9.90 Å². The smallest absolute Gasteiger partial charge is 0.410 e. The number of aromatic nitrogens is 2. The molecule has 3 aliphatic heterocycles. The first kappa shape index (κ1) is 21.8. The van der Waals surface area contributed by atoms with Crippen LogP contribution in [0.1, 0.15) is 29.8 Å². The van der Waals surface area contributed by atoms with E-state index in [1.54, 1.807) is 16.2 Å². The molecule has 3 fully saturated rings. The molecular weight excluding hydrogens is 454 g/mol. The molecule has 10 heteroatoms. The molecule has 0 radical (unpaired) electrons. The lowest BCUT2D eigenvalue weighted by molar-refractivity contribution is -0.104. The van der Waals surface area contributed by atoms with Crippen LogP contribution in [-0.4, -0.2) is 90.8 Å². The summed E-state index contributed by atoms with van der Waals surface area (Å²) < 4.78 is 10.5. The van der Waals surface area contributed by atoms with E-state index < -0.39 is 0 Å². The minimum atomic E-state index is -0.238. The highest BCUT2D eigenvalue weighted by atomic mass is 32.1. The third kappa shape index (κ3) is 4.25. The Labute approximate surface area is 202 Å². The lowest BCUT2D eigenvalue weighted by Crippen LogP contribution is -2.51. The largest absolute Gasteiger partial charge is 0.441 e. The number of fused-ring (bicyclic) bond motifs is 1. The predicted molar refractivity (Wildman–Crippen MR) is 130 cm³/mol. The Morgan fingerprint density at radius 3 is 2.65 bits per heavy atom. The van der Waals surface area contributed by atoms with Gasteiger partial charge in [0.25, 0.3) is 0 Å². The Bertz CT molecular complexity index is 1080. The number of piperidine rings is 1. The van der Waals surface area contributed by atoms with Crippen LogP contribution in [0.2, 0.25) is 0 Å². The summed E-state index contributed by atoms with van der Waals surface area (Å²) in [6.45, 7) is 5.52. The average Bonchev–Trinajstić information content (AvgIpc) is 3.49. The highest BCUT2D eigenvalue weighted by molar-refractivity contribution is 7.13. The number of aliphatic hydroxyl groups excluding tert-OH is 1. The lowest BCUT2D eigenvalue weighted by atomic mass is 10.1. The van der Waals surface area contributed by atoms with Crippen LogP contribution in [-0.2, 0) is 15.9 Å². The van der Waals surface area contributed by atoms with Gasteiger partial charge in [-0.1, -0.05) is 0 Å². The third-order valence-corrected chi connectivity index (χ3v) is 7.94. The van der Waals surface area contributed by atoms with Crippen LogP contribution in [0.25, 0.3) is 11.6 Å².